The summed E-state index contributed by atoms with van der Waals surface area (Å²) in [5.74, 6) is -0.0115. The smallest absolute Gasteiger partial charge is 0.231 e. The van der Waals surface area contributed by atoms with Gasteiger partial charge in [-0.15, -0.1) is 0 Å². The van der Waals surface area contributed by atoms with Gasteiger partial charge < -0.3 is 4.90 Å². The number of nitrogens with zero attached hydrogens (tertiary/aromatic N) is 2. The minimum atomic E-state index is -0.0115. The minimum Gasteiger partial charge on any atom is -0.315 e. The Bertz CT molecular complexity index is 909. The molecule has 122 valence electrons. The summed E-state index contributed by atoms with van der Waals surface area (Å²) < 4.78 is 0. The molecule has 25 heavy (non-hydrogen) atoms. The van der Waals surface area contributed by atoms with Crippen LogP contribution in [0, 0.1) is 11.3 Å². The van der Waals surface area contributed by atoms with E-state index in [1.54, 1.807) is 30.1 Å². The van der Waals surface area contributed by atoms with E-state index in [2.05, 4.69) is 18.2 Å². The van der Waals surface area contributed by atoms with Crippen LogP contribution in [-0.2, 0) is 11.2 Å². The maximum absolute atomic E-state index is 12.5. The molecule has 3 rings (SSSR count). The highest BCUT2D eigenvalue weighted by molar-refractivity contribution is 5.94. The van der Waals surface area contributed by atoms with Crippen LogP contribution in [0.1, 0.15) is 11.1 Å². The van der Waals surface area contributed by atoms with Crippen LogP contribution in [0.15, 0.2) is 78.9 Å². The van der Waals surface area contributed by atoms with Crippen molar-refractivity contribution in [2.45, 2.75) is 6.42 Å². The van der Waals surface area contributed by atoms with Gasteiger partial charge in [-0.05, 0) is 34.9 Å². The first-order valence-corrected chi connectivity index (χ1v) is 8.08. The van der Waals surface area contributed by atoms with Crippen LogP contribution in [-0.4, -0.2) is 13.0 Å². The van der Waals surface area contributed by atoms with E-state index < -0.39 is 0 Å². The predicted molar refractivity (Wildman–Crippen MR) is 100 cm³/mol. The molecule has 3 nitrogen and oxygen atoms in total. The van der Waals surface area contributed by atoms with Gasteiger partial charge in [0.15, 0.2) is 0 Å². The topological polar surface area (TPSA) is 44.1 Å². The fourth-order valence-electron chi connectivity index (χ4n) is 2.67. The molecule has 0 aliphatic heterocycles. The number of hydrogen-bond acceptors (Lipinski definition) is 2. The Labute approximate surface area is 147 Å². The van der Waals surface area contributed by atoms with Crippen molar-refractivity contribution in [1.82, 2.24) is 0 Å². The van der Waals surface area contributed by atoms with Gasteiger partial charge >= 0.3 is 0 Å². The summed E-state index contributed by atoms with van der Waals surface area (Å²) in [7, 11) is 1.73. The molecule has 0 aliphatic carbocycles. The third-order valence-electron chi connectivity index (χ3n) is 4.15. The summed E-state index contributed by atoms with van der Waals surface area (Å²) >= 11 is 0. The molecule has 0 saturated carbocycles. The summed E-state index contributed by atoms with van der Waals surface area (Å²) in [5, 5.41) is 8.98. The first-order valence-electron chi connectivity index (χ1n) is 8.08. The summed E-state index contributed by atoms with van der Waals surface area (Å²) in [6.45, 7) is 0. The summed E-state index contributed by atoms with van der Waals surface area (Å²) in [6.07, 6.45) is 0.322. The quantitative estimate of drug-likeness (QED) is 0.712. The van der Waals surface area contributed by atoms with Gasteiger partial charge in [-0.25, -0.2) is 0 Å². The molecule has 3 aromatic rings. The lowest BCUT2D eigenvalue weighted by Gasteiger charge is -2.17. The molecular formula is C22H18N2O. The monoisotopic (exact) mass is 326 g/mol. The van der Waals surface area contributed by atoms with Gasteiger partial charge in [-0.1, -0.05) is 60.7 Å². The standard InChI is InChI=1S/C22H18N2O/c1-24(21-9-5-6-18(14-21)16-23)22(25)15-17-10-12-20(13-11-17)19-7-3-2-4-8-19/h2-14H,15H2,1H3. The Hall–Kier alpha value is -3.38. The van der Waals surface area contributed by atoms with E-state index in [1.165, 1.54) is 0 Å². The molecule has 3 aromatic carbocycles. The molecule has 0 unspecified atom stereocenters. The summed E-state index contributed by atoms with van der Waals surface area (Å²) in [5.41, 5.74) is 4.53. The Morgan fingerprint density at radius 2 is 1.60 bits per heavy atom. The van der Waals surface area contributed by atoms with E-state index >= 15 is 0 Å². The molecule has 0 atom stereocenters. The van der Waals surface area contributed by atoms with Crippen LogP contribution in [0.2, 0.25) is 0 Å². The Balaban J connectivity index is 1.71. The number of carbonyl (C=O) groups excluding carboxylic acids is 1. The van der Waals surface area contributed by atoms with Crippen molar-refractivity contribution in [2.24, 2.45) is 0 Å². The predicted octanol–water partition coefficient (Wildman–Crippen LogP) is 4.43. The third-order valence-corrected chi connectivity index (χ3v) is 4.15. The maximum Gasteiger partial charge on any atom is 0.231 e. The van der Waals surface area contributed by atoms with Crippen molar-refractivity contribution in [3.8, 4) is 17.2 Å². The SMILES string of the molecule is CN(C(=O)Cc1ccc(-c2ccccc2)cc1)c1cccc(C#N)c1. The molecule has 0 aromatic heterocycles. The minimum absolute atomic E-state index is 0.0115. The average Bonchev–Trinajstić information content (AvgIpc) is 2.68. The van der Waals surface area contributed by atoms with Gasteiger partial charge in [0.1, 0.15) is 0 Å². The van der Waals surface area contributed by atoms with E-state index in [-0.39, 0.29) is 5.91 Å². The van der Waals surface area contributed by atoms with E-state index in [9.17, 15) is 4.79 Å². The molecule has 0 bridgehead atoms. The second-order valence-electron chi connectivity index (χ2n) is 5.85. The first-order chi connectivity index (χ1) is 12.2. The Morgan fingerprint density at radius 3 is 2.28 bits per heavy atom. The van der Waals surface area contributed by atoms with Gasteiger partial charge in [0.2, 0.25) is 5.91 Å². The molecule has 0 radical (unpaired) electrons. The number of likely N-dealkylation sites (N-methyl/N-ethyl adjacent to an activating group) is 1. The van der Waals surface area contributed by atoms with Crippen LogP contribution in [0.4, 0.5) is 5.69 Å². The second kappa shape index (κ2) is 7.46. The zero-order valence-electron chi connectivity index (χ0n) is 14.0. The number of benzene rings is 3. The van der Waals surface area contributed by atoms with E-state index in [0.29, 0.717) is 12.0 Å². The number of carbonyl (C=O) groups is 1. The molecule has 3 heteroatoms. The molecular weight excluding hydrogens is 308 g/mol. The van der Waals surface area contributed by atoms with Crippen molar-refractivity contribution in [3.05, 3.63) is 90.0 Å². The van der Waals surface area contributed by atoms with Crippen LogP contribution in [0.5, 0.6) is 0 Å². The fraction of sp³-hybridized carbons (Fsp3) is 0.0909. The normalized spacial score (nSPS) is 10.1. The van der Waals surface area contributed by atoms with Crippen LogP contribution in [0.25, 0.3) is 11.1 Å². The van der Waals surface area contributed by atoms with Crippen LogP contribution in [0.3, 0.4) is 0 Å². The Morgan fingerprint density at radius 1 is 0.920 bits per heavy atom. The fourth-order valence-corrected chi connectivity index (χ4v) is 2.67. The molecule has 0 N–H and O–H groups in total. The largest absolute Gasteiger partial charge is 0.315 e. The zero-order valence-corrected chi connectivity index (χ0v) is 14.0. The molecule has 0 saturated heterocycles. The van der Waals surface area contributed by atoms with Crippen molar-refractivity contribution in [2.75, 3.05) is 11.9 Å². The highest BCUT2D eigenvalue weighted by Gasteiger charge is 2.12. The first kappa shape index (κ1) is 16.5. The van der Waals surface area contributed by atoms with Crippen molar-refractivity contribution in [3.63, 3.8) is 0 Å². The lowest BCUT2D eigenvalue weighted by atomic mass is 10.0. The van der Waals surface area contributed by atoms with Crippen LogP contribution >= 0.6 is 0 Å². The van der Waals surface area contributed by atoms with Crippen molar-refractivity contribution < 1.29 is 4.79 Å². The lowest BCUT2D eigenvalue weighted by Crippen LogP contribution is -2.27. The summed E-state index contributed by atoms with van der Waals surface area (Å²) in [4.78, 5) is 14.1. The highest BCUT2D eigenvalue weighted by atomic mass is 16.2. The van der Waals surface area contributed by atoms with E-state index in [1.807, 2.05) is 48.5 Å². The number of anilines is 1. The molecule has 0 fully saturated rings. The number of amides is 1. The van der Waals surface area contributed by atoms with E-state index in [0.717, 1.165) is 22.4 Å². The second-order valence-corrected chi connectivity index (χ2v) is 5.85. The van der Waals surface area contributed by atoms with Crippen molar-refractivity contribution in [1.29, 1.82) is 5.26 Å². The maximum atomic E-state index is 12.5. The van der Waals surface area contributed by atoms with Crippen molar-refractivity contribution >= 4 is 11.6 Å². The van der Waals surface area contributed by atoms with Gasteiger partial charge in [0.05, 0.1) is 18.1 Å². The van der Waals surface area contributed by atoms with Crippen LogP contribution < -0.4 is 4.90 Å². The molecule has 0 spiro atoms. The van der Waals surface area contributed by atoms with Gasteiger partial charge in [-0.2, -0.15) is 5.26 Å². The molecule has 0 heterocycles. The van der Waals surface area contributed by atoms with Gasteiger partial charge in [-0.3, -0.25) is 4.79 Å². The highest BCUT2D eigenvalue weighted by Crippen LogP contribution is 2.20. The average molecular weight is 326 g/mol. The Kier molecular flexibility index (Phi) is 4.92. The molecule has 0 aliphatic rings. The van der Waals surface area contributed by atoms with Gasteiger partial charge in [0, 0.05) is 12.7 Å². The number of rotatable bonds is 4. The molecule has 1 amide bonds. The third kappa shape index (κ3) is 3.94. The van der Waals surface area contributed by atoms with Gasteiger partial charge in [0.25, 0.3) is 0 Å². The lowest BCUT2D eigenvalue weighted by molar-refractivity contribution is -0.117. The number of hydrogen-bond donors (Lipinski definition) is 0. The summed E-state index contributed by atoms with van der Waals surface area (Å²) in [6, 6.07) is 27.3. The number of nitriles is 1. The zero-order chi connectivity index (χ0) is 17.6. The van der Waals surface area contributed by atoms with E-state index in [4.69, 9.17) is 5.26 Å².